The van der Waals surface area contributed by atoms with Crippen LogP contribution in [0.15, 0.2) is 29.3 Å². The summed E-state index contributed by atoms with van der Waals surface area (Å²) in [7, 11) is 2.09. The number of piperidine rings is 1. The van der Waals surface area contributed by atoms with Crippen LogP contribution in [0.25, 0.3) is 10.9 Å². The van der Waals surface area contributed by atoms with Crippen LogP contribution in [0.5, 0.6) is 0 Å². The van der Waals surface area contributed by atoms with Crippen LogP contribution in [0, 0.1) is 0 Å². The normalized spacial score (nSPS) is 19.7. The van der Waals surface area contributed by atoms with Gasteiger partial charge in [0.2, 0.25) is 5.95 Å². The first-order valence-corrected chi connectivity index (χ1v) is 10.7. The van der Waals surface area contributed by atoms with E-state index in [1.165, 1.54) is 6.42 Å². The first kappa shape index (κ1) is 19.0. The van der Waals surface area contributed by atoms with E-state index in [9.17, 15) is 4.79 Å². The van der Waals surface area contributed by atoms with Crippen LogP contribution < -0.4 is 15.8 Å². The number of aromatic amines is 1. The molecule has 0 aromatic carbocycles. The third-order valence-corrected chi connectivity index (χ3v) is 6.20. The van der Waals surface area contributed by atoms with Gasteiger partial charge in [-0.25, -0.2) is 15.0 Å². The minimum Gasteiger partial charge on any atom is -0.352 e. The molecule has 2 aliphatic rings. The van der Waals surface area contributed by atoms with Crippen molar-refractivity contribution in [3.63, 3.8) is 0 Å². The second-order valence-electron chi connectivity index (χ2n) is 8.43. The summed E-state index contributed by atoms with van der Waals surface area (Å²) in [6, 6.07) is 4.29. The molecule has 0 unspecified atom stereocenters. The molecular formula is C22H27N7O. The average Bonchev–Trinajstić information content (AvgIpc) is 2.75. The molecule has 2 N–H and O–H groups in total. The van der Waals surface area contributed by atoms with Crippen LogP contribution in [0.3, 0.4) is 0 Å². The van der Waals surface area contributed by atoms with Gasteiger partial charge in [0.15, 0.2) is 5.82 Å². The topological polar surface area (TPSA) is 90.0 Å². The number of hydrogen-bond acceptors (Lipinski definition) is 7. The molecule has 8 nitrogen and oxygen atoms in total. The molecule has 3 aromatic heterocycles. The minimum atomic E-state index is -0.141. The standard InChI is InChI=1S/C22H27N7O/c1-14-5-3-4-9-29(14)20-19-15(6-8-23-20)12-24-22(27-19)26-18-11-16-13-28(2)10-7-17(16)25-21(18)30/h6,8,11-12,14H,3-5,7,9-10,13H2,1-2H3,(H,25,30)(H,24,26,27)/t14-/m1/s1. The van der Waals surface area contributed by atoms with Crippen LogP contribution in [-0.4, -0.2) is 51.0 Å². The molecule has 30 heavy (non-hydrogen) atoms. The van der Waals surface area contributed by atoms with Crippen molar-refractivity contribution in [1.29, 1.82) is 0 Å². The van der Waals surface area contributed by atoms with Crippen molar-refractivity contribution in [2.45, 2.75) is 45.2 Å². The Kier molecular flexibility index (Phi) is 4.86. The minimum absolute atomic E-state index is 0.141. The Morgan fingerprint density at radius 2 is 2.13 bits per heavy atom. The Morgan fingerprint density at radius 3 is 3.00 bits per heavy atom. The van der Waals surface area contributed by atoms with Crippen molar-refractivity contribution < 1.29 is 0 Å². The molecule has 2 aliphatic heterocycles. The van der Waals surface area contributed by atoms with Gasteiger partial charge in [-0.2, -0.15) is 0 Å². The molecule has 8 heteroatoms. The highest BCUT2D eigenvalue weighted by Gasteiger charge is 2.22. The van der Waals surface area contributed by atoms with Crippen LogP contribution in [0.2, 0.25) is 0 Å². The van der Waals surface area contributed by atoms with Crippen LogP contribution in [0.4, 0.5) is 17.5 Å². The summed E-state index contributed by atoms with van der Waals surface area (Å²) in [5.74, 6) is 1.31. The maximum absolute atomic E-state index is 12.6. The van der Waals surface area contributed by atoms with Gasteiger partial charge in [0.05, 0.1) is 0 Å². The summed E-state index contributed by atoms with van der Waals surface area (Å²) in [5.41, 5.74) is 3.31. The van der Waals surface area contributed by atoms with E-state index in [-0.39, 0.29) is 5.56 Å². The molecular weight excluding hydrogens is 378 g/mol. The van der Waals surface area contributed by atoms with Gasteiger partial charge >= 0.3 is 0 Å². The zero-order chi connectivity index (χ0) is 20.7. The Balaban J connectivity index is 1.51. The van der Waals surface area contributed by atoms with Crippen LogP contribution in [0.1, 0.15) is 37.4 Å². The SMILES string of the molecule is C[C@@H]1CCCCN1c1nccc2cnc(Nc3cc4c([nH]c3=O)CCN(C)C4)nc12. The zero-order valence-electron chi connectivity index (χ0n) is 17.5. The monoisotopic (exact) mass is 405 g/mol. The number of hydrogen-bond donors (Lipinski definition) is 2. The summed E-state index contributed by atoms with van der Waals surface area (Å²) >= 11 is 0. The van der Waals surface area contributed by atoms with Crippen molar-refractivity contribution in [1.82, 2.24) is 24.8 Å². The van der Waals surface area contributed by atoms with E-state index >= 15 is 0 Å². The van der Waals surface area contributed by atoms with Gasteiger partial charge in [-0.05, 0) is 50.9 Å². The number of nitrogens with one attached hydrogen (secondary N) is 2. The lowest BCUT2D eigenvalue weighted by Gasteiger charge is -2.34. The Hall–Kier alpha value is -3.00. The predicted octanol–water partition coefficient (Wildman–Crippen LogP) is 2.82. The Bertz CT molecular complexity index is 1140. The first-order valence-electron chi connectivity index (χ1n) is 10.7. The highest BCUT2D eigenvalue weighted by Crippen LogP contribution is 2.29. The summed E-state index contributed by atoms with van der Waals surface area (Å²) in [5, 5.41) is 4.09. The molecule has 5 heterocycles. The number of pyridine rings is 2. The molecule has 1 saturated heterocycles. The molecule has 0 radical (unpaired) electrons. The lowest BCUT2D eigenvalue weighted by Crippen LogP contribution is -2.38. The van der Waals surface area contributed by atoms with Crippen LogP contribution in [-0.2, 0) is 13.0 Å². The zero-order valence-corrected chi connectivity index (χ0v) is 17.5. The van der Waals surface area contributed by atoms with Crippen molar-refractivity contribution in [3.05, 3.63) is 46.1 Å². The van der Waals surface area contributed by atoms with E-state index in [4.69, 9.17) is 4.98 Å². The molecule has 0 saturated carbocycles. The largest absolute Gasteiger partial charge is 0.352 e. The third kappa shape index (κ3) is 3.52. The molecule has 5 rings (SSSR count). The molecule has 156 valence electrons. The van der Waals surface area contributed by atoms with E-state index in [1.807, 2.05) is 18.3 Å². The van der Waals surface area contributed by atoms with Crippen molar-refractivity contribution >= 4 is 28.4 Å². The fourth-order valence-electron chi connectivity index (χ4n) is 4.49. The second kappa shape index (κ2) is 7.68. The number of anilines is 3. The summed E-state index contributed by atoms with van der Waals surface area (Å²) in [6.07, 6.45) is 8.05. The van der Waals surface area contributed by atoms with E-state index in [0.29, 0.717) is 17.7 Å². The Morgan fingerprint density at radius 1 is 1.23 bits per heavy atom. The van der Waals surface area contributed by atoms with Gasteiger partial charge in [0.1, 0.15) is 11.2 Å². The molecule has 1 atom stereocenters. The van der Waals surface area contributed by atoms with Crippen molar-refractivity contribution in [2.75, 3.05) is 30.4 Å². The average molecular weight is 406 g/mol. The van der Waals surface area contributed by atoms with Gasteiger partial charge in [-0.1, -0.05) is 0 Å². The number of nitrogens with zero attached hydrogens (tertiary/aromatic N) is 5. The fourth-order valence-corrected chi connectivity index (χ4v) is 4.49. The maximum Gasteiger partial charge on any atom is 0.271 e. The fraction of sp³-hybridized carbons (Fsp3) is 0.455. The first-order chi connectivity index (χ1) is 14.6. The number of H-pyrrole nitrogens is 1. The van der Waals surface area contributed by atoms with Crippen LogP contribution >= 0.6 is 0 Å². The molecule has 0 amide bonds. The Labute approximate surface area is 175 Å². The summed E-state index contributed by atoms with van der Waals surface area (Å²) in [6.45, 7) is 5.00. The lowest BCUT2D eigenvalue weighted by atomic mass is 10.0. The number of fused-ring (bicyclic) bond motifs is 2. The van der Waals surface area contributed by atoms with E-state index < -0.39 is 0 Å². The van der Waals surface area contributed by atoms with Gasteiger partial charge in [-0.15, -0.1) is 0 Å². The molecule has 0 spiro atoms. The van der Waals surface area contributed by atoms with E-state index in [0.717, 1.165) is 66.9 Å². The van der Waals surface area contributed by atoms with Gasteiger partial charge in [-0.3, -0.25) is 4.79 Å². The quantitative estimate of drug-likeness (QED) is 0.692. The smallest absolute Gasteiger partial charge is 0.271 e. The highest BCUT2D eigenvalue weighted by molar-refractivity contribution is 5.89. The maximum atomic E-state index is 12.6. The second-order valence-corrected chi connectivity index (χ2v) is 8.43. The number of rotatable bonds is 3. The van der Waals surface area contributed by atoms with Gasteiger partial charge in [0, 0.05) is 55.6 Å². The summed E-state index contributed by atoms with van der Waals surface area (Å²) in [4.78, 5) is 34.0. The van der Waals surface area contributed by atoms with Gasteiger partial charge < -0.3 is 20.1 Å². The molecule has 0 bridgehead atoms. The third-order valence-electron chi connectivity index (χ3n) is 6.20. The van der Waals surface area contributed by atoms with E-state index in [1.54, 1.807) is 6.20 Å². The predicted molar refractivity (Wildman–Crippen MR) is 118 cm³/mol. The molecule has 3 aromatic rings. The molecule has 1 fully saturated rings. The number of aromatic nitrogens is 4. The highest BCUT2D eigenvalue weighted by atomic mass is 16.1. The van der Waals surface area contributed by atoms with Crippen molar-refractivity contribution in [2.24, 2.45) is 0 Å². The van der Waals surface area contributed by atoms with Gasteiger partial charge in [0.25, 0.3) is 5.56 Å². The van der Waals surface area contributed by atoms with Crippen molar-refractivity contribution in [3.8, 4) is 0 Å². The lowest BCUT2D eigenvalue weighted by molar-refractivity contribution is 0.310. The molecule has 0 aliphatic carbocycles. The number of likely N-dealkylation sites (N-methyl/N-ethyl adjacent to an activating group) is 1. The van der Waals surface area contributed by atoms with E-state index in [2.05, 4.69) is 44.0 Å². The summed E-state index contributed by atoms with van der Waals surface area (Å²) < 4.78 is 0.